The van der Waals surface area contributed by atoms with Crippen LogP contribution in [0.25, 0.3) is 21.8 Å². The number of nitrogens with zero attached hydrogens (tertiary/aromatic N) is 2. The molecule has 1 aromatic carbocycles. The van der Waals surface area contributed by atoms with Gasteiger partial charge in [0.2, 0.25) is 0 Å². The van der Waals surface area contributed by atoms with E-state index in [1.165, 1.54) is 6.92 Å². The zero-order valence-corrected chi connectivity index (χ0v) is 11.4. The van der Waals surface area contributed by atoms with E-state index in [4.69, 9.17) is 4.74 Å². The number of carbonyl (C=O) groups excluding carboxylic acids is 1. The summed E-state index contributed by atoms with van der Waals surface area (Å²) in [6.45, 7) is 3.54. The van der Waals surface area contributed by atoms with Crippen LogP contribution in [-0.2, 0) is 16.1 Å². The molecule has 0 radical (unpaired) electrons. The van der Waals surface area contributed by atoms with Gasteiger partial charge in [0.1, 0.15) is 6.61 Å². The Balaban J connectivity index is 2.17. The third-order valence-electron chi connectivity index (χ3n) is 3.14. The molecule has 4 nitrogen and oxygen atoms in total. The highest BCUT2D eigenvalue weighted by Crippen LogP contribution is 2.23. The summed E-state index contributed by atoms with van der Waals surface area (Å²) in [5.41, 5.74) is 3.41. The van der Waals surface area contributed by atoms with Crippen molar-refractivity contribution in [3.8, 4) is 0 Å². The van der Waals surface area contributed by atoms with Gasteiger partial charge in [0, 0.05) is 23.4 Å². The maximum atomic E-state index is 10.9. The molecule has 0 aliphatic carbocycles. The van der Waals surface area contributed by atoms with Crippen molar-refractivity contribution in [2.45, 2.75) is 20.5 Å². The molecule has 0 atom stereocenters. The highest BCUT2D eigenvalue weighted by Gasteiger charge is 2.06. The molecule has 100 valence electrons. The molecule has 0 aliphatic rings. The lowest BCUT2D eigenvalue weighted by atomic mass is 10.1. The molecular formula is C16H14N2O2. The van der Waals surface area contributed by atoms with Crippen LogP contribution in [0.3, 0.4) is 0 Å². The number of aromatic nitrogens is 2. The molecule has 3 rings (SSSR count). The van der Waals surface area contributed by atoms with Gasteiger partial charge in [0.15, 0.2) is 0 Å². The van der Waals surface area contributed by atoms with E-state index in [-0.39, 0.29) is 12.6 Å². The van der Waals surface area contributed by atoms with Gasteiger partial charge in [-0.05, 0) is 19.1 Å². The molecule has 4 heteroatoms. The molecule has 0 N–H and O–H groups in total. The monoisotopic (exact) mass is 266 g/mol. The lowest BCUT2D eigenvalue weighted by Gasteiger charge is -2.06. The first-order valence-electron chi connectivity index (χ1n) is 6.43. The number of pyridine rings is 2. The van der Waals surface area contributed by atoms with Crippen LogP contribution in [0.15, 0.2) is 36.4 Å². The Morgan fingerprint density at radius 1 is 1.00 bits per heavy atom. The van der Waals surface area contributed by atoms with E-state index >= 15 is 0 Å². The van der Waals surface area contributed by atoms with E-state index in [0.29, 0.717) is 0 Å². The van der Waals surface area contributed by atoms with E-state index in [0.717, 1.165) is 33.2 Å². The normalized spacial score (nSPS) is 10.9. The number of carbonyl (C=O) groups is 1. The fourth-order valence-corrected chi connectivity index (χ4v) is 2.16. The molecule has 20 heavy (non-hydrogen) atoms. The van der Waals surface area contributed by atoms with Crippen molar-refractivity contribution in [2.75, 3.05) is 0 Å². The number of hydrogen-bond donors (Lipinski definition) is 0. The summed E-state index contributed by atoms with van der Waals surface area (Å²) in [6.07, 6.45) is 0. The van der Waals surface area contributed by atoms with Crippen molar-refractivity contribution < 1.29 is 9.53 Å². The molecule has 0 saturated heterocycles. The number of rotatable bonds is 2. The third-order valence-corrected chi connectivity index (χ3v) is 3.14. The Hall–Kier alpha value is -2.49. The maximum Gasteiger partial charge on any atom is 0.303 e. The molecule has 0 unspecified atom stereocenters. The zero-order valence-electron chi connectivity index (χ0n) is 11.4. The smallest absolute Gasteiger partial charge is 0.303 e. The highest BCUT2D eigenvalue weighted by atomic mass is 16.5. The zero-order chi connectivity index (χ0) is 14.1. The standard InChI is InChI=1S/C16H14N2O2/c1-10-3-4-12-5-6-13-7-8-14(9-20-11(2)19)18-16(13)15(12)17-10/h3-8H,9H2,1-2H3. The molecule has 0 bridgehead atoms. The van der Waals surface area contributed by atoms with Crippen molar-refractivity contribution >= 4 is 27.8 Å². The second-order valence-corrected chi connectivity index (χ2v) is 4.74. The predicted octanol–water partition coefficient (Wildman–Crippen LogP) is 3.15. The lowest BCUT2D eigenvalue weighted by Crippen LogP contribution is -2.01. The summed E-state index contributed by atoms with van der Waals surface area (Å²) in [5, 5.41) is 2.09. The Kier molecular flexibility index (Phi) is 3.06. The number of hydrogen-bond acceptors (Lipinski definition) is 4. The molecule has 2 heterocycles. The highest BCUT2D eigenvalue weighted by molar-refractivity contribution is 6.02. The van der Waals surface area contributed by atoms with Crippen LogP contribution in [0.1, 0.15) is 18.3 Å². The van der Waals surface area contributed by atoms with Crippen molar-refractivity contribution in [3.63, 3.8) is 0 Å². The van der Waals surface area contributed by atoms with Gasteiger partial charge in [-0.15, -0.1) is 0 Å². The minimum absolute atomic E-state index is 0.188. The number of fused-ring (bicyclic) bond motifs is 3. The van der Waals surface area contributed by atoms with E-state index in [9.17, 15) is 4.79 Å². The number of ether oxygens (including phenoxy) is 1. The first kappa shape index (κ1) is 12.5. The maximum absolute atomic E-state index is 10.9. The second-order valence-electron chi connectivity index (χ2n) is 4.74. The molecule has 0 fully saturated rings. The Morgan fingerprint density at radius 3 is 2.30 bits per heavy atom. The van der Waals surface area contributed by atoms with Crippen molar-refractivity contribution in [1.29, 1.82) is 0 Å². The summed E-state index contributed by atoms with van der Waals surface area (Å²) in [5.74, 6) is -0.307. The van der Waals surface area contributed by atoms with Gasteiger partial charge >= 0.3 is 5.97 Å². The molecule has 0 saturated carbocycles. The van der Waals surface area contributed by atoms with Crippen molar-refractivity contribution in [2.24, 2.45) is 0 Å². The summed E-state index contributed by atoms with van der Waals surface area (Å²) >= 11 is 0. The van der Waals surface area contributed by atoms with Crippen LogP contribution in [0.2, 0.25) is 0 Å². The minimum atomic E-state index is -0.307. The Morgan fingerprint density at radius 2 is 1.60 bits per heavy atom. The lowest BCUT2D eigenvalue weighted by molar-refractivity contribution is -0.142. The molecule has 0 aliphatic heterocycles. The number of benzene rings is 1. The van der Waals surface area contributed by atoms with Crippen molar-refractivity contribution in [3.05, 3.63) is 47.8 Å². The summed E-state index contributed by atoms with van der Waals surface area (Å²) in [4.78, 5) is 20.0. The molecular weight excluding hydrogens is 252 g/mol. The molecule has 0 amide bonds. The average Bonchev–Trinajstić information content (AvgIpc) is 2.44. The average molecular weight is 266 g/mol. The van der Waals surface area contributed by atoms with Gasteiger partial charge in [-0.1, -0.05) is 24.3 Å². The molecule has 0 spiro atoms. The first-order valence-corrected chi connectivity index (χ1v) is 6.43. The Labute approximate surface area is 116 Å². The van der Waals surface area contributed by atoms with Crippen LogP contribution in [-0.4, -0.2) is 15.9 Å². The summed E-state index contributed by atoms with van der Waals surface area (Å²) in [7, 11) is 0. The second kappa shape index (κ2) is 4.89. The third kappa shape index (κ3) is 2.32. The summed E-state index contributed by atoms with van der Waals surface area (Å²) in [6, 6.07) is 11.9. The predicted molar refractivity (Wildman–Crippen MR) is 77.3 cm³/mol. The van der Waals surface area contributed by atoms with Gasteiger partial charge in [-0.25, -0.2) is 4.98 Å². The van der Waals surface area contributed by atoms with E-state index in [1.807, 2.05) is 43.3 Å². The Bertz CT molecular complexity index is 812. The quantitative estimate of drug-likeness (QED) is 0.528. The largest absolute Gasteiger partial charge is 0.459 e. The van der Waals surface area contributed by atoms with Gasteiger partial charge < -0.3 is 4.74 Å². The SMILES string of the molecule is CC(=O)OCc1ccc2ccc3ccc(C)nc3c2n1. The molecule has 3 aromatic rings. The van der Waals surface area contributed by atoms with Gasteiger partial charge in [-0.3, -0.25) is 9.78 Å². The fraction of sp³-hybridized carbons (Fsp3) is 0.188. The minimum Gasteiger partial charge on any atom is -0.459 e. The number of esters is 1. The first-order chi connectivity index (χ1) is 9.63. The van der Waals surface area contributed by atoms with Gasteiger partial charge in [0.05, 0.1) is 16.7 Å². The molecule has 2 aromatic heterocycles. The van der Waals surface area contributed by atoms with Crippen LogP contribution in [0.4, 0.5) is 0 Å². The number of aryl methyl sites for hydroxylation is 1. The van der Waals surface area contributed by atoms with Crippen LogP contribution < -0.4 is 0 Å². The van der Waals surface area contributed by atoms with Crippen LogP contribution >= 0.6 is 0 Å². The summed E-state index contributed by atoms with van der Waals surface area (Å²) < 4.78 is 4.99. The van der Waals surface area contributed by atoms with Crippen LogP contribution in [0.5, 0.6) is 0 Å². The van der Waals surface area contributed by atoms with E-state index in [1.54, 1.807) is 0 Å². The van der Waals surface area contributed by atoms with Crippen LogP contribution in [0, 0.1) is 6.92 Å². The van der Waals surface area contributed by atoms with Crippen molar-refractivity contribution in [1.82, 2.24) is 9.97 Å². The van der Waals surface area contributed by atoms with E-state index < -0.39 is 0 Å². The van der Waals surface area contributed by atoms with Gasteiger partial charge in [-0.2, -0.15) is 0 Å². The topological polar surface area (TPSA) is 52.1 Å². The van der Waals surface area contributed by atoms with Gasteiger partial charge in [0.25, 0.3) is 0 Å². The fourth-order valence-electron chi connectivity index (χ4n) is 2.16. The van der Waals surface area contributed by atoms with E-state index in [2.05, 4.69) is 9.97 Å².